The molecule has 6 heteroatoms. The van der Waals surface area contributed by atoms with Gasteiger partial charge >= 0.3 is 0 Å². The number of nitrogens with one attached hydrogen (secondary N) is 2. The molecule has 1 fully saturated rings. The van der Waals surface area contributed by atoms with E-state index in [9.17, 15) is 4.79 Å². The first-order valence-electron chi connectivity index (χ1n) is 7.94. The van der Waals surface area contributed by atoms with Gasteiger partial charge in [-0.3, -0.25) is 9.89 Å². The zero-order valence-corrected chi connectivity index (χ0v) is 13.8. The van der Waals surface area contributed by atoms with E-state index < -0.39 is 0 Å². The molecule has 1 aliphatic carbocycles. The van der Waals surface area contributed by atoms with Crippen LogP contribution >= 0.6 is 11.8 Å². The highest BCUT2D eigenvalue weighted by molar-refractivity contribution is 7.99. The van der Waals surface area contributed by atoms with Crippen LogP contribution in [0.25, 0.3) is 0 Å². The molecule has 5 nitrogen and oxygen atoms in total. The SMILES string of the molecule is CC(C)CCNC(=O)CSc1n[nH]c(CC2CCCC2)n1. The number of rotatable bonds is 8. The van der Waals surface area contributed by atoms with Gasteiger partial charge in [0.05, 0.1) is 5.75 Å². The zero-order chi connectivity index (χ0) is 15.1. The van der Waals surface area contributed by atoms with Gasteiger partial charge in [-0.1, -0.05) is 51.3 Å². The number of carbonyl (C=O) groups excluding carboxylic acids is 1. The first-order valence-corrected chi connectivity index (χ1v) is 8.93. The number of thioether (sulfide) groups is 1. The molecule has 0 aliphatic heterocycles. The molecule has 1 heterocycles. The van der Waals surface area contributed by atoms with Gasteiger partial charge in [0.2, 0.25) is 11.1 Å². The summed E-state index contributed by atoms with van der Waals surface area (Å²) in [6, 6.07) is 0. The van der Waals surface area contributed by atoms with Gasteiger partial charge in [0.15, 0.2) is 0 Å². The summed E-state index contributed by atoms with van der Waals surface area (Å²) in [5.41, 5.74) is 0. The second-order valence-electron chi connectivity index (χ2n) is 6.24. The largest absolute Gasteiger partial charge is 0.355 e. The van der Waals surface area contributed by atoms with Crippen molar-refractivity contribution in [2.24, 2.45) is 11.8 Å². The molecule has 2 N–H and O–H groups in total. The standard InChI is InChI=1S/C15H26N4OS/c1-11(2)7-8-16-14(20)10-21-15-17-13(18-19-15)9-12-5-3-4-6-12/h11-12H,3-10H2,1-2H3,(H,16,20)(H,17,18,19). The van der Waals surface area contributed by atoms with E-state index in [0.717, 1.165) is 31.1 Å². The number of hydrogen-bond acceptors (Lipinski definition) is 4. The van der Waals surface area contributed by atoms with Crippen molar-refractivity contribution in [3.63, 3.8) is 0 Å². The fourth-order valence-corrected chi connectivity index (χ4v) is 3.25. The van der Waals surface area contributed by atoms with E-state index in [4.69, 9.17) is 0 Å². The van der Waals surface area contributed by atoms with Crippen molar-refractivity contribution in [1.82, 2.24) is 20.5 Å². The average molecular weight is 310 g/mol. The first-order chi connectivity index (χ1) is 10.1. The lowest BCUT2D eigenvalue weighted by Gasteiger charge is -2.06. The molecule has 0 spiro atoms. The molecule has 21 heavy (non-hydrogen) atoms. The van der Waals surface area contributed by atoms with E-state index in [1.165, 1.54) is 37.4 Å². The van der Waals surface area contributed by atoms with Crippen LogP contribution in [-0.4, -0.2) is 33.4 Å². The summed E-state index contributed by atoms with van der Waals surface area (Å²) in [6.07, 6.45) is 7.31. The van der Waals surface area contributed by atoms with Crippen LogP contribution in [0.3, 0.4) is 0 Å². The van der Waals surface area contributed by atoms with Crippen LogP contribution in [0, 0.1) is 11.8 Å². The fraction of sp³-hybridized carbons (Fsp3) is 0.800. The van der Waals surface area contributed by atoms with Crippen molar-refractivity contribution in [3.05, 3.63) is 5.82 Å². The second kappa shape index (κ2) is 8.41. The molecule has 0 saturated heterocycles. The van der Waals surface area contributed by atoms with Crippen LogP contribution in [0.2, 0.25) is 0 Å². The third kappa shape index (κ3) is 6.08. The van der Waals surface area contributed by atoms with Gasteiger partial charge in [0.25, 0.3) is 0 Å². The number of H-pyrrole nitrogens is 1. The predicted molar refractivity (Wildman–Crippen MR) is 85.2 cm³/mol. The molecule has 1 aliphatic rings. The zero-order valence-electron chi connectivity index (χ0n) is 13.0. The first kappa shape index (κ1) is 16.3. The average Bonchev–Trinajstić information content (AvgIpc) is 3.08. The molecule has 0 unspecified atom stereocenters. The Morgan fingerprint density at radius 1 is 1.43 bits per heavy atom. The summed E-state index contributed by atoms with van der Waals surface area (Å²) >= 11 is 1.40. The Morgan fingerprint density at radius 3 is 2.90 bits per heavy atom. The minimum absolute atomic E-state index is 0.0581. The van der Waals surface area contributed by atoms with Gasteiger partial charge in [-0.05, 0) is 18.3 Å². The summed E-state index contributed by atoms with van der Waals surface area (Å²) < 4.78 is 0. The maximum atomic E-state index is 11.7. The Bertz CT molecular complexity index is 441. The maximum Gasteiger partial charge on any atom is 0.230 e. The summed E-state index contributed by atoms with van der Waals surface area (Å²) in [7, 11) is 0. The van der Waals surface area contributed by atoms with Crippen LogP contribution in [-0.2, 0) is 11.2 Å². The molecular weight excluding hydrogens is 284 g/mol. The molecule has 2 rings (SSSR count). The molecule has 0 radical (unpaired) electrons. The van der Waals surface area contributed by atoms with Crippen molar-refractivity contribution in [2.45, 2.75) is 57.5 Å². The lowest BCUT2D eigenvalue weighted by Crippen LogP contribution is -2.26. The Morgan fingerprint density at radius 2 is 2.19 bits per heavy atom. The molecule has 1 saturated carbocycles. The highest BCUT2D eigenvalue weighted by Crippen LogP contribution is 2.27. The Hall–Kier alpha value is -1.04. The monoisotopic (exact) mass is 310 g/mol. The Balaban J connectivity index is 1.66. The Kier molecular flexibility index (Phi) is 6.54. The minimum atomic E-state index is 0.0581. The molecule has 118 valence electrons. The fourth-order valence-electron chi connectivity index (χ4n) is 2.60. The van der Waals surface area contributed by atoms with Crippen molar-refractivity contribution in [3.8, 4) is 0 Å². The summed E-state index contributed by atoms with van der Waals surface area (Å²) in [5, 5.41) is 10.8. The number of hydrogen-bond donors (Lipinski definition) is 2. The lowest BCUT2D eigenvalue weighted by molar-refractivity contribution is -0.118. The number of nitrogens with zero attached hydrogens (tertiary/aromatic N) is 2. The Labute approximate surface area is 131 Å². The topological polar surface area (TPSA) is 70.7 Å². The second-order valence-corrected chi connectivity index (χ2v) is 7.18. The van der Waals surface area contributed by atoms with Crippen LogP contribution in [0.15, 0.2) is 5.16 Å². The normalized spacial score (nSPS) is 15.8. The van der Waals surface area contributed by atoms with Gasteiger partial charge in [0.1, 0.15) is 5.82 Å². The predicted octanol–water partition coefficient (Wildman–Crippen LogP) is 2.79. The van der Waals surface area contributed by atoms with Crippen molar-refractivity contribution >= 4 is 17.7 Å². The van der Waals surface area contributed by atoms with Crippen LogP contribution in [0.5, 0.6) is 0 Å². The molecule has 1 aromatic heterocycles. The van der Waals surface area contributed by atoms with E-state index in [2.05, 4.69) is 34.3 Å². The van der Waals surface area contributed by atoms with Gasteiger partial charge in [-0.15, -0.1) is 5.10 Å². The van der Waals surface area contributed by atoms with Crippen molar-refractivity contribution < 1.29 is 4.79 Å². The molecule has 1 amide bonds. The highest BCUT2D eigenvalue weighted by Gasteiger charge is 2.17. The molecule has 0 aromatic carbocycles. The summed E-state index contributed by atoms with van der Waals surface area (Å²) in [6.45, 7) is 5.05. The van der Waals surface area contributed by atoms with Crippen molar-refractivity contribution in [1.29, 1.82) is 0 Å². The van der Waals surface area contributed by atoms with E-state index in [1.54, 1.807) is 0 Å². The van der Waals surface area contributed by atoms with Gasteiger partial charge in [-0.2, -0.15) is 0 Å². The van der Waals surface area contributed by atoms with Crippen LogP contribution in [0.1, 0.15) is 51.8 Å². The van der Waals surface area contributed by atoms with E-state index in [0.29, 0.717) is 16.8 Å². The van der Waals surface area contributed by atoms with Gasteiger partial charge in [0, 0.05) is 13.0 Å². The molecule has 1 aromatic rings. The van der Waals surface area contributed by atoms with E-state index in [1.807, 2.05) is 0 Å². The highest BCUT2D eigenvalue weighted by atomic mass is 32.2. The number of amides is 1. The minimum Gasteiger partial charge on any atom is -0.355 e. The number of aromatic amines is 1. The van der Waals surface area contributed by atoms with Gasteiger partial charge in [-0.25, -0.2) is 4.98 Å². The molecule has 0 bridgehead atoms. The van der Waals surface area contributed by atoms with Gasteiger partial charge < -0.3 is 5.32 Å². The summed E-state index contributed by atoms with van der Waals surface area (Å²) in [4.78, 5) is 16.2. The van der Waals surface area contributed by atoms with Crippen LogP contribution in [0.4, 0.5) is 0 Å². The third-order valence-corrected chi connectivity index (χ3v) is 4.69. The number of aromatic nitrogens is 3. The quantitative estimate of drug-likeness (QED) is 0.724. The van der Waals surface area contributed by atoms with E-state index in [-0.39, 0.29) is 5.91 Å². The number of carbonyl (C=O) groups is 1. The lowest BCUT2D eigenvalue weighted by atomic mass is 10.0. The van der Waals surface area contributed by atoms with Crippen LogP contribution < -0.4 is 5.32 Å². The van der Waals surface area contributed by atoms with Crippen molar-refractivity contribution in [2.75, 3.05) is 12.3 Å². The molecule has 0 atom stereocenters. The smallest absolute Gasteiger partial charge is 0.230 e. The summed E-state index contributed by atoms with van der Waals surface area (Å²) in [5.74, 6) is 2.78. The maximum absolute atomic E-state index is 11.7. The van der Waals surface area contributed by atoms with E-state index >= 15 is 0 Å². The third-order valence-electron chi connectivity index (χ3n) is 3.84. The molecular formula is C15H26N4OS.